The average molecular weight is 377 g/mol. The summed E-state index contributed by atoms with van der Waals surface area (Å²) in [6.07, 6.45) is 0.828. The molecule has 0 aliphatic carbocycles. The van der Waals surface area contributed by atoms with Crippen molar-refractivity contribution < 1.29 is 14.7 Å². The van der Waals surface area contributed by atoms with Gasteiger partial charge in [-0.15, -0.1) is 0 Å². The van der Waals surface area contributed by atoms with E-state index in [-0.39, 0.29) is 17.2 Å². The van der Waals surface area contributed by atoms with Crippen molar-refractivity contribution in [1.29, 1.82) is 0 Å². The molecule has 142 valence electrons. The van der Waals surface area contributed by atoms with E-state index in [2.05, 4.69) is 5.10 Å². The summed E-state index contributed by atoms with van der Waals surface area (Å²) in [5.74, 6) is -1.54. The Kier molecular flexibility index (Phi) is 4.65. The van der Waals surface area contributed by atoms with Gasteiger partial charge < -0.3 is 10.0 Å². The zero-order chi connectivity index (χ0) is 19.7. The van der Waals surface area contributed by atoms with Crippen LogP contribution in [0, 0.1) is 5.92 Å². The lowest BCUT2D eigenvalue weighted by Gasteiger charge is -2.30. The topological polar surface area (TPSA) is 92.5 Å². The number of fused-ring (bicyclic) bond motifs is 1. The van der Waals surface area contributed by atoms with Crippen LogP contribution in [0.4, 0.5) is 0 Å². The van der Waals surface area contributed by atoms with Gasteiger partial charge in [-0.2, -0.15) is 9.78 Å². The van der Waals surface area contributed by atoms with E-state index in [1.807, 2.05) is 6.07 Å². The number of amides is 1. The van der Waals surface area contributed by atoms with E-state index in [1.165, 1.54) is 4.68 Å². The van der Waals surface area contributed by atoms with Gasteiger partial charge in [-0.05, 0) is 31.0 Å². The van der Waals surface area contributed by atoms with Gasteiger partial charge in [-0.3, -0.25) is 14.4 Å². The average Bonchev–Trinajstić information content (AvgIpc) is 2.74. The van der Waals surface area contributed by atoms with Crippen molar-refractivity contribution in [2.75, 3.05) is 13.1 Å². The Morgan fingerprint density at radius 3 is 2.18 bits per heavy atom. The van der Waals surface area contributed by atoms with Crippen LogP contribution in [-0.2, 0) is 4.79 Å². The lowest BCUT2D eigenvalue weighted by Crippen LogP contribution is -2.41. The molecule has 3 aromatic rings. The standard InChI is InChI=1S/C21H19N3O4/c25-19-17-9-5-4-8-16(17)18(22-24(19)15-6-2-1-3-7-15)20(26)23-12-10-14(11-13-23)21(27)28/h1-9,14H,10-13H2,(H,27,28). The molecule has 0 atom stereocenters. The summed E-state index contributed by atoms with van der Waals surface area (Å²) in [5.41, 5.74) is 0.493. The fraction of sp³-hybridized carbons (Fsp3) is 0.238. The number of para-hydroxylation sites is 1. The fourth-order valence-corrected chi connectivity index (χ4v) is 3.57. The number of carbonyl (C=O) groups excluding carboxylic acids is 1. The Balaban J connectivity index is 1.78. The number of carboxylic acids is 1. The van der Waals surface area contributed by atoms with Crippen molar-refractivity contribution in [3.8, 4) is 5.69 Å². The lowest BCUT2D eigenvalue weighted by molar-refractivity contribution is -0.143. The highest BCUT2D eigenvalue weighted by atomic mass is 16.4. The summed E-state index contributed by atoms with van der Waals surface area (Å²) in [5, 5.41) is 14.5. The van der Waals surface area contributed by atoms with Gasteiger partial charge in [-0.25, -0.2) is 0 Å². The molecular weight excluding hydrogens is 358 g/mol. The molecular formula is C21H19N3O4. The third kappa shape index (κ3) is 3.15. The van der Waals surface area contributed by atoms with Crippen LogP contribution in [0.2, 0.25) is 0 Å². The number of aliphatic carboxylic acids is 1. The molecule has 1 N–H and O–H groups in total. The van der Waals surface area contributed by atoms with Gasteiger partial charge in [0.15, 0.2) is 5.69 Å². The van der Waals surface area contributed by atoms with Gasteiger partial charge in [0.05, 0.1) is 17.0 Å². The van der Waals surface area contributed by atoms with E-state index in [0.29, 0.717) is 42.4 Å². The molecule has 7 nitrogen and oxygen atoms in total. The highest BCUT2D eigenvalue weighted by Gasteiger charge is 2.29. The molecule has 2 aromatic carbocycles. The predicted molar refractivity (Wildman–Crippen MR) is 104 cm³/mol. The molecule has 0 saturated carbocycles. The minimum Gasteiger partial charge on any atom is -0.481 e. The largest absolute Gasteiger partial charge is 0.481 e. The van der Waals surface area contributed by atoms with E-state index in [1.54, 1.807) is 53.4 Å². The van der Waals surface area contributed by atoms with Crippen LogP contribution in [-0.4, -0.2) is 44.8 Å². The second-order valence-electron chi connectivity index (χ2n) is 6.85. The van der Waals surface area contributed by atoms with E-state index in [4.69, 9.17) is 5.11 Å². The number of carboxylic acid groups (broad SMARTS) is 1. The number of hydrogen-bond donors (Lipinski definition) is 1. The lowest BCUT2D eigenvalue weighted by atomic mass is 9.96. The Morgan fingerprint density at radius 2 is 1.54 bits per heavy atom. The van der Waals surface area contributed by atoms with Crippen LogP contribution in [0.25, 0.3) is 16.5 Å². The summed E-state index contributed by atoms with van der Waals surface area (Å²) >= 11 is 0. The third-order valence-corrected chi connectivity index (χ3v) is 5.14. The van der Waals surface area contributed by atoms with E-state index in [0.717, 1.165) is 0 Å². The summed E-state index contributed by atoms with van der Waals surface area (Å²) in [7, 11) is 0. The second-order valence-corrected chi connectivity index (χ2v) is 6.85. The molecule has 7 heteroatoms. The van der Waals surface area contributed by atoms with Gasteiger partial charge in [0.1, 0.15) is 0 Å². The Hall–Kier alpha value is -3.48. The number of nitrogens with zero attached hydrogens (tertiary/aromatic N) is 3. The zero-order valence-corrected chi connectivity index (χ0v) is 15.1. The summed E-state index contributed by atoms with van der Waals surface area (Å²) in [6, 6.07) is 15.9. The van der Waals surface area contributed by atoms with Gasteiger partial charge in [0.25, 0.3) is 11.5 Å². The number of benzene rings is 2. The SMILES string of the molecule is O=C(O)C1CCN(C(=O)c2nn(-c3ccccc3)c(=O)c3ccccc23)CC1. The van der Waals surface area contributed by atoms with Crippen molar-refractivity contribution in [3.05, 3.63) is 70.6 Å². The molecule has 28 heavy (non-hydrogen) atoms. The molecule has 0 unspecified atom stereocenters. The maximum absolute atomic E-state index is 13.2. The van der Waals surface area contributed by atoms with Crippen molar-refractivity contribution in [2.24, 2.45) is 5.92 Å². The highest BCUT2D eigenvalue weighted by molar-refractivity contribution is 6.05. The van der Waals surface area contributed by atoms with Crippen molar-refractivity contribution in [3.63, 3.8) is 0 Å². The van der Waals surface area contributed by atoms with Gasteiger partial charge in [-0.1, -0.05) is 36.4 Å². The van der Waals surface area contributed by atoms with Crippen LogP contribution in [0.5, 0.6) is 0 Å². The van der Waals surface area contributed by atoms with Gasteiger partial charge in [0.2, 0.25) is 0 Å². The number of hydrogen-bond acceptors (Lipinski definition) is 4. The fourth-order valence-electron chi connectivity index (χ4n) is 3.57. The monoisotopic (exact) mass is 377 g/mol. The number of piperidine rings is 1. The molecule has 1 aromatic heterocycles. The minimum atomic E-state index is -0.826. The molecule has 1 aliphatic heterocycles. The maximum Gasteiger partial charge on any atom is 0.306 e. The van der Waals surface area contributed by atoms with E-state index in [9.17, 15) is 14.4 Å². The van der Waals surface area contributed by atoms with Crippen LogP contribution >= 0.6 is 0 Å². The molecule has 0 bridgehead atoms. The first-order valence-corrected chi connectivity index (χ1v) is 9.16. The zero-order valence-electron chi connectivity index (χ0n) is 15.1. The first-order valence-electron chi connectivity index (χ1n) is 9.16. The van der Waals surface area contributed by atoms with Crippen LogP contribution < -0.4 is 5.56 Å². The number of carbonyl (C=O) groups is 2. The van der Waals surface area contributed by atoms with Crippen LogP contribution in [0.1, 0.15) is 23.3 Å². The number of rotatable bonds is 3. The molecule has 4 rings (SSSR count). The Bertz CT molecular complexity index is 1100. The van der Waals surface area contributed by atoms with Gasteiger partial charge in [0, 0.05) is 18.5 Å². The third-order valence-electron chi connectivity index (χ3n) is 5.14. The molecule has 2 heterocycles. The van der Waals surface area contributed by atoms with E-state index < -0.39 is 11.9 Å². The van der Waals surface area contributed by atoms with Crippen LogP contribution in [0.15, 0.2) is 59.4 Å². The number of aromatic nitrogens is 2. The molecule has 1 fully saturated rings. The molecule has 1 amide bonds. The molecule has 1 saturated heterocycles. The second kappa shape index (κ2) is 7.26. The molecule has 1 aliphatic rings. The van der Waals surface area contributed by atoms with Gasteiger partial charge >= 0.3 is 5.97 Å². The maximum atomic E-state index is 13.2. The quantitative estimate of drug-likeness (QED) is 0.756. The predicted octanol–water partition coefficient (Wildman–Crippen LogP) is 2.32. The smallest absolute Gasteiger partial charge is 0.306 e. The minimum absolute atomic E-state index is 0.202. The molecule has 0 radical (unpaired) electrons. The van der Waals surface area contributed by atoms with Crippen LogP contribution in [0.3, 0.4) is 0 Å². The van der Waals surface area contributed by atoms with Crippen molar-refractivity contribution in [1.82, 2.24) is 14.7 Å². The Labute approximate surface area is 160 Å². The van der Waals surface area contributed by atoms with Crippen molar-refractivity contribution in [2.45, 2.75) is 12.8 Å². The first-order chi connectivity index (χ1) is 13.6. The van der Waals surface area contributed by atoms with Crippen molar-refractivity contribution >= 4 is 22.6 Å². The Morgan fingerprint density at radius 1 is 0.929 bits per heavy atom. The number of likely N-dealkylation sites (tertiary alicyclic amines) is 1. The normalized spacial score (nSPS) is 14.9. The highest BCUT2D eigenvalue weighted by Crippen LogP contribution is 2.22. The van der Waals surface area contributed by atoms with E-state index >= 15 is 0 Å². The summed E-state index contributed by atoms with van der Waals surface area (Å²) < 4.78 is 1.25. The first kappa shape index (κ1) is 17.9. The summed E-state index contributed by atoms with van der Waals surface area (Å²) in [6.45, 7) is 0.715. The molecule has 0 spiro atoms. The summed E-state index contributed by atoms with van der Waals surface area (Å²) in [4.78, 5) is 38.9.